The van der Waals surface area contributed by atoms with Crippen molar-refractivity contribution in [3.8, 4) is 0 Å². The molecule has 0 aliphatic heterocycles. The average molecular weight is 183 g/mol. The largest absolute Gasteiger partial charge is 0.481 e. The third-order valence-electron chi connectivity index (χ3n) is 2.07. The SMILES string of the molecule is Cc1oncc1C(C)(C)CC(=O)O. The summed E-state index contributed by atoms with van der Waals surface area (Å²) in [5.41, 5.74) is 0.436. The van der Waals surface area contributed by atoms with Crippen molar-refractivity contribution >= 4 is 5.97 Å². The van der Waals surface area contributed by atoms with E-state index < -0.39 is 11.4 Å². The normalized spacial score (nSPS) is 11.6. The fraction of sp³-hybridized carbons (Fsp3) is 0.556. The highest BCUT2D eigenvalue weighted by atomic mass is 16.5. The Balaban J connectivity index is 2.93. The van der Waals surface area contributed by atoms with Crippen molar-refractivity contribution in [3.05, 3.63) is 17.5 Å². The molecular weight excluding hydrogens is 170 g/mol. The third-order valence-corrected chi connectivity index (χ3v) is 2.07. The van der Waals surface area contributed by atoms with Crippen molar-refractivity contribution in [2.75, 3.05) is 0 Å². The van der Waals surface area contributed by atoms with Gasteiger partial charge in [-0.15, -0.1) is 0 Å². The van der Waals surface area contributed by atoms with Crippen LogP contribution in [0.5, 0.6) is 0 Å². The molecule has 0 spiro atoms. The second-order valence-corrected chi connectivity index (χ2v) is 3.75. The summed E-state index contributed by atoms with van der Waals surface area (Å²) in [6.07, 6.45) is 1.66. The fourth-order valence-corrected chi connectivity index (χ4v) is 1.42. The van der Waals surface area contributed by atoms with Gasteiger partial charge >= 0.3 is 5.97 Å². The summed E-state index contributed by atoms with van der Waals surface area (Å²) in [4.78, 5) is 10.6. The van der Waals surface area contributed by atoms with Crippen molar-refractivity contribution in [1.82, 2.24) is 5.16 Å². The van der Waals surface area contributed by atoms with E-state index in [1.54, 1.807) is 13.1 Å². The Kier molecular flexibility index (Phi) is 2.40. The summed E-state index contributed by atoms with van der Waals surface area (Å²) in [6.45, 7) is 5.51. The van der Waals surface area contributed by atoms with Crippen LogP contribution in [0.4, 0.5) is 0 Å². The number of rotatable bonds is 3. The molecule has 4 heteroatoms. The molecule has 0 amide bonds. The standard InChI is InChI=1S/C9H13NO3/c1-6-7(5-10-13-6)9(2,3)4-8(11)12/h5H,4H2,1-3H3,(H,11,12). The van der Waals surface area contributed by atoms with Crippen LogP contribution in [0, 0.1) is 6.92 Å². The van der Waals surface area contributed by atoms with E-state index in [0.717, 1.165) is 5.56 Å². The molecule has 13 heavy (non-hydrogen) atoms. The average Bonchev–Trinajstić information content (AvgIpc) is 2.32. The minimum Gasteiger partial charge on any atom is -0.481 e. The highest BCUT2D eigenvalue weighted by molar-refractivity contribution is 5.68. The van der Waals surface area contributed by atoms with Gasteiger partial charge in [0.25, 0.3) is 0 Å². The molecule has 0 saturated heterocycles. The molecule has 1 aromatic heterocycles. The molecule has 0 atom stereocenters. The number of hydrogen-bond donors (Lipinski definition) is 1. The van der Waals surface area contributed by atoms with Gasteiger partial charge in [0.2, 0.25) is 0 Å². The Morgan fingerprint density at radius 2 is 2.31 bits per heavy atom. The number of aromatic nitrogens is 1. The van der Waals surface area contributed by atoms with Crippen LogP contribution in [0.1, 0.15) is 31.6 Å². The molecule has 0 aromatic carbocycles. The second kappa shape index (κ2) is 3.20. The van der Waals surface area contributed by atoms with Crippen LogP contribution >= 0.6 is 0 Å². The molecule has 0 unspecified atom stereocenters. The van der Waals surface area contributed by atoms with E-state index in [0.29, 0.717) is 5.76 Å². The number of aryl methyl sites for hydroxylation is 1. The Hall–Kier alpha value is -1.32. The second-order valence-electron chi connectivity index (χ2n) is 3.75. The highest BCUT2D eigenvalue weighted by Crippen LogP contribution is 2.29. The van der Waals surface area contributed by atoms with Gasteiger partial charge in [0.1, 0.15) is 5.76 Å². The van der Waals surface area contributed by atoms with Crippen molar-refractivity contribution < 1.29 is 14.4 Å². The first-order valence-corrected chi connectivity index (χ1v) is 4.07. The van der Waals surface area contributed by atoms with Crippen molar-refractivity contribution in [2.45, 2.75) is 32.6 Å². The molecule has 1 aromatic rings. The smallest absolute Gasteiger partial charge is 0.304 e. The molecule has 0 bridgehead atoms. The Labute approximate surface area is 76.5 Å². The van der Waals surface area contributed by atoms with Gasteiger partial charge in [0, 0.05) is 11.0 Å². The lowest BCUT2D eigenvalue weighted by molar-refractivity contribution is -0.138. The lowest BCUT2D eigenvalue weighted by Crippen LogP contribution is -2.21. The van der Waals surface area contributed by atoms with Gasteiger partial charge < -0.3 is 9.63 Å². The predicted molar refractivity (Wildman–Crippen MR) is 46.5 cm³/mol. The zero-order chi connectivity index (χ0) is 10.1. The maximum Gasteiger partial charge on any atom is 0.304 e. The fourth-order valence-electron chi connectivity index (χ4n) is 1.42. The highest BCUT2D eigenvalue weighted by Gasteiger charge is 2.27. The van der Waals surface area contributed by atoms with E-state index in [4.69, 9.17) is 9.63 Å². The summed E-state index contributed by atoms with van der Waals surface area (Å²) in [5, 5.41) is 12.3. The van der Waals surface area contributed by atoms with Gasteiger partial charge in [0.15, 0.2) is 0 Å². The molecular formula is C9H13NO3. The first kappa shape index (κ1) is 9.77. The summed E-state index contributed by atoms with van der Waals surface area (Å²) in [6, 6.07) is 0. The van der Waals surface area contributed by atoms with Gasteiger partial charge in [-0.05, 0) is 6.92 Å². The predicted octanol–water partition coefficient (Wildman–Crippen LogP) is 1.74. The number of aliphatic carboxylic acids is 1. The Morgan fingerprint density at radius 1 is 1.69 bits per heavy atom. The summed E-state index contributed by atoms with van der Waals surface area (Å²) >= 11 is 0. The van der Waals surface area contributed by atoms with Crippen LogP contribution in [0.15, 0.2) is 10.7 Å². The molecule has 1 rings (SSSR count). The Bertz CT molecular complexity index is 314. The third kappa shape index (κ3) is 2.08. The van der Waals surface area contributed by atoms with Crippen LogP contribution in [-0.2, 0) is 10.2 Å². The van der Waals surface area contributed by atoms with E-state index in [9.17, 15) is 4.79 Å². The van der Waals surface area contributed by atoms with Crippen LogP contribution in [0.2, 0.25) is 0 Å². The summed E-state index contributed by atoms with van der Waals surface area (Å²) in [5.74, 6) is -0.128. The van der Waals surface area contributed by atoms with Gasteiger partial charge in [-0.25, -0.2) is 0 Å². The van der Waals surface area contributed by atoms with Crippen LogP contribution in [0.25, 0.3) is 0 Å². The van der Waals surface area contributed by atoms with E-state index in [1.165, 1.54) is 0 Å². The molecule has 0 radical (unpaired) electrons. The maximum atomic E-state index is 10.6. The van der Waals surface area contributed by atoms with Gasteiger partial charge in [-0.1, -0.05) is 19.0 Å². The van der Waals surface area contributed by atoms with Gasteiger partial charge in [-0.2, -0.15) is 0 Å². The number of carbonyl (C=O) groups is 1. The zero-order valence-electron chi connectivity index (χ0n) is 8.00. The molecule has 1 heterocycles. The molecule has 4 nitrogen and oxygen atoms in total. The number of hydrogen-bond acceptors (Lipinski definition) is 3. The maximum absolute atomic E-state index is 10.6. The molecule has 0 fully saturated rings. The summed E-state index contributed by atoms with van der Waals surface area (Å²) in [7, 11) is 0. The lowest BCUT2D eigenvalue weighted by Gasteiger charge is -2.20. The van der Waals surface area contributed by atoms with E-state index in [2.05, 4.69) is 5.16 Å². The van der Waals surface area contributed by atoms with Crippen molar-refractivity contribution in [3.63, 3.8) is 0 Å². The molecule has 0 saturated carbocycles. The van der Waals surface area contributed by atoms with Gasteiger partial charge in [-0.3, -0.25) is 4.79 Å². The van der Waals surface area contributed by atoms with Gasteiger partial charge in [0.05, 0.1) is 12.6 Å². The Morgan fingerprint density at radius 3 is 2.69 bits per heavy atom. The minimum absolute atomic E-state index is 0.0784. The molecule has 0 aliphatic carbocycles. The quantitative estimate of drug-likeness (QED) is 0.775. The van der Waals surface area contributed by atoms with E-state index in [-0.39, 0.29) is 6.42 Å². The molecule has 1 N–H and O–H groups in total. The van der Waals surface area contributed by atoms with Crippen LogP contribution < -0.4 is 0 Å². The minimum atomic E-state index is -0.814. The topological polar surface area (TPSA) is 63.3 Å². The lowest BCUT2D eigenvalue weighted by atomic mass is 9.82. The number of carboxylic acids is 1. The number of carboxylic acid groups (broad SMARTS) is 1. The van der Waals surface area contributed by atoms with Crippen molar-refractivity contribution in [2.24, 2.45) is 0 Å². The van der Waals surface area contributed by atoms with E-state index in [1.807, 2.05) is 13.8 Å². The van der Waals surface area contributed by atoms with E-state index >= 15 is 0 Å². The van der Waals surface area contributed by atoms with Crippen LogP contribution in [0.3, 0.4) is 0 Å². The monoisotopic (exact) mass is 183 g/mol. The number of nitrogens with zero attached hydrogens (tertiary/aromatic N) is 1. The first-order chi connectivity index (χ1) is 5.93. The zero-order valence-corrected chi connectivity index (χ0v) is 8.00. The first-order valence-electron chi connectivity index (χ1n) is 4.07. The van der Waals surface area contributed by atoms with Crippen molar-refractivity contribution in [1.29, 1.82) is 0 Å². The molecule has 0 aliphatic rings. The molecule has 72 valence electrons. The van der Waals surface area contributed by atoms with Crippen LogP contribution in [-0.4, -0.2) is 16.2 Å². The summed E-state index contributed by atoms with van der Waals surface area (Å²) < 4.78 is 4.89.